The van der Waals surface area contributed by atoms with Gasteiger partial charge in [0.15, 0.2) is 0 Å². The molecule has 0 atom stereocenters. The van der Waals surface area contributed by atoms with Gasteiger partial charge in [-0.3, -0.25) is 9.59 Å². The summed E-state index contributed by atoms with van der Waals surface area (Å²) in [5.74, 6) is -1.52. The molecule has 0 aliphatic carbocycles. The zero-order valence-electron chi connectivity index (χ0n) is 16.6. The molecule has 0 saturated carbocycles. The number of rotatable bonds is 4. The van der Waals surface area contributed by atoms with Crippen LogP contribution in [-0.4, -0.2) is 38.0 Å². The van der Waals surface area contributed by atoms with Gasteiger partial charge in [0, 0.05) is 24.5 Å². The highest BCUT2D eigenvalue weighted by Gasteiger charge is 2.19. The number of piperidine rings is 1. The van der Waals surface area contributed by atoms with Crippen LogP contribution in [0.3, 0.4) is 0 Å². The second-order valence-electron chi connectivity index (χ2n) is 7.16. The largest absolute Gasteiger partial charge is 0.465 e. The van der Waals surface area contributed by atoms with Crippen LogP contribution in [0.5, 0.6) is 0 Å². The molecule has 1 fully saturated rings. The van der Waals surface area contributed by atoms with Crippen molar-refractivity contribution in [3.05, 3.63) is 54.1 Å². The first-order valence-corrected chi connectivity index (χ1v) is 9.62. The van der Waals surface area contributed by atoms with Crippen molar-refractivity contribution in [2.45, 2.75) is 19.8 Å². The van der Waals surface area contributed by atoms with Crippen LogP contribution in [0.15, 0.2) is 48.5 Å². The lowest BCUT2D eigenvalue weighted by molar-refractivity contribution is -0.133. The van der Waals surface area contributed by atoms with Gasteiger partial charge < -0.3 is 20.3 Å². The molecule has 0 bridgehead atoms. The van der Waals surface area contributed by atoms with Gasteiger partial charge in [0.2, 0.25) is 0 Å². The Bertz CT molecular complexity index is 887. The van der Waals surface area contributed by atoms with Crippen LogP contribution in [0.25, 0.3) is 0 Å². The number of para-hydroxylation sites is 1. The molecule has 0 spiro atoms. The summed E-state index contributed by atoms with van der Waals surface area (Å²) in [6.07, 6.45) is 2.34. The average Bonchev–Trinajstić information content (AvgIpc) is 2.74. The van der Waals surface area contributed by atoms with E-state index in [0.717, 1.165) is 24.7 Å². The first kappa shape index (κ1) is 20.4. The van der Waals surface area contributed by atoms with Crippen molar-refractivity contribution < 1.29 is 19.1 Å². The van der Waals surface area contributed by atoms with Crippen LogP contribution in [0.4, 0.5) is 17.1 Å². The minimum Gasteiger partial charge on any atom is -0.465 e. The fourth-order valence-electron chi connectivity index (χ4n) is 3.27. The van der Waals surface area contributed by atoms with E-state index in [2.05, 4.69) is 27.2 Å². The topological polar surface area (TPSA) is 87.7 Å². The number of hydrogen-bond acceptors (Lipinski definition) is 5. The van der Waals surface area contributed by atoms with E-state index < -0.39 is 17.8 Å². The van der Waals surface area contributed by atoms with E-state index >= 15 is 0 Å². The average molecular weight is 395 g/mol. The molecule has 0 unspecified atom stereocenters. The molecular weight excluding hydrogens is 370 g/mol. The van der Waals surface area contributed by atoms with Crippen LogP contribution < -0.4 is 15.5 Å². The summed E-state index contributed by atoms with van der Waals surface area (Å²) in [5, 5.41) is 5.03. The maximum Gasteiger partial charge on any atom is 0.339 e. The standard InChI is InChI=1S/C22H25N3O4/c1-15-11-13-25(14-12-15)17-9-7-16(8-10-17)23-20(26)21(27)24-19-6-4-3-5-18(19)22(28)29-2/h3-10,15H,11-14H2,1-2H3,(H,23,26)(H,24,27). The lowest BCUT2D eigenvalue weighted by Gasteiger charge is -2.32. The number of ether oxygens (including phenoxy) is 1. The van der Waals surface area contributed by atoms with E-state index in [-0.39, 0.29) is 11.3 Å². The van der Waals surface area contributed by atoms with Crippen molar-refractivity contribution in [1.82, 2.24) is 0 Å². The third-order valence-electron chi connectivity index (χ3n) is 5.06. The van der Waals surface area contributed by atoms with Crippen LogP contribution in [-0.2, 0) is 14.3 Å². The molecule has 2 aromatic rings. The summed E-state index contributed by atoms with van der Waals surface area (Å²) in [5.41, 5.74) is 2.03. The van der Waals surface area contributed by atoms with Crippen LogP contribution >= 0.6 is 0 Å². The molecule has 1 heterocycles. The van der Waals surface area contributed by atoms with Gasteiger partial charge in [-0.25, -0.2) is 4.79 Å². The second kappa shape index (κ2) is 9.23. The van der Waals surface area contributed by atoms with E-state index in [1.807, 2.05) is 12.1 Å². The van der Waals surface area contributed by atoms with Gasteiger partial charge in [-0.2, -0.15) is 0 Å². The normalized spacial score (nSPS) is 14.2. The number of carbonyl (C=O) groups excluding carboxylic acids is 3. The Hall–Kier alpha value is -3.35. The molecule has 1 saturated heterocycles. The number of carbonyl (C=O) groups is 3. The molecule has 0 radical (unpaired) electrons. The summed E-state index contributed by atoms with van der Waals surface area (Å²) in [4.78, 5) is 38.6. The minimum absolute atomic E-state index is 0.177. The molecule has 29 heavy (non-hydrogen) atoms. The van der Waals surface area contributed by atoms with Gasteiger partial charge in [0.05, 0.1) is 18.4 Å². The summed E-state index contributed by atoms with van der Waals surface area (Å²) in [7, 11) is 1.25. The summed E-state index contributed by atoms with van der Waals surface area (Å²) in [6.45, 7) is 4.31. The van der Waals surface area contributed by atoms with Gasteiger partial charge in [-0.1, -0.05) is 19.1 Å². The number of nitrogens with zero attached hydrogens (tertiary/aromatic N) is 1. The third-order valence-corrected chi connectivity index (χ3v) is 5.06. The Morgan fingerprint density at radius 1 is 0.931 bits per heavy atom. The van der Waals surface area contributed by atoms with E-state index in [4.69, 9.17) is 0 Å². The number of amides is 2. The smallest absolute Gasteiger partial charge is 0.339 e. The SMILES string of the molecule is COC(=O)c1ccccc1NC(=O)C(=O)Nc1ccc(N2CCC(C)CC2)cc1. The van der Waals surface area contributed by atoms with E-state index in [9.17, 15) is 14.4 Å². The summed E-state index contributed by atoms with van der Waals surface area (Å²) < 4.78 is 4.69. The maximum atomic E-state index is 12.2. The molecule has 0 aromatic heterocycles. The molecule has 2 aromatic carbocycles. The highest BCUT2D eigenvalue weighted by molar-refractivity contribution is 6.44. The molecular formula is C22H25N3O4. The van der Waals surface area contributed by atoms with Gasteiger partial charge in [0.25, 0.3) is 0 Å². The molecule has 1 aliphatic heterocycles. The summed E-state index contributed by atoms with van der Waals surface area (Å²) in [6, 6.07) is 13.8. The molecule has 1 aliphatic rings. The number of anilines is 3. The van der Waals surface area contributed by atoms with Crippen LogP contribution in [0.1, 0.15) is 30.1 Å². The predicted molar refractivity (Wildman–Crippen MR) is 112 cm³/mol. The number of hydrogen-bond donors (Lipinski definition) is 2. The molecule has 7 heteroatoms. The lowest BCUT2D eigenvalue weighted by atomic mass is 9.99. The quantitative estimate of drug-likeness (QED) is 0.613. The highest BCUT2D eigenvalue weighted by atomic mass is 16.5. The Morgan fingerprint density at radius 2 is 1.55 bits per heavy atom. The zero-order chi connectivity index (χ0) is 20.8. The minimum atomic E-state index is -0.865. The molecule has 7 nitrogen and oxygen atoms in total. The fourth-order valence-corrected chi connectivity index (χ4v) is 3.27. The van der Waals surface area contributed by atoms with Crippen molar-refractivity contribution in [3.63, 3.8) is 0 Å². The zero-order valence-corrected chi connectivity index (χ0v) is 16.6. The maximum absolute atomic E-state index is 12.2. The second-order valence-corrected chi connectivity index (χ2v) is 7.16. The third kappa shape index (κ3) is 5.13. The van der Waals surface area contributed by atoms with Gasteiger partial charge in [0.1, 0.15) is 0 Å². The van der Waals surface area contributed by atoms with Crippen molar-refractivity contribution in [1.29, 1.82) is 0 Å². The van der Waals surface area contributed by atoms with Gasteiger partial charge >= 0.3 is 17.8 Å². The molecule has 2 amide bonds. The van der Waals surface area contributed by atoms with Crippen LogP contribution in [0, 0.1) is 5.92 Å². The number of esters is 1. The van der Waals surface area contributed by atoms with Crippen molar-refractivity contribution in [2.24, 2.45) is 5.92 Å². The van der Waals surface area contributed by atoms with Crippen molar-refractivity contribution in [2.75, 3.05) is 35.7 Å². The number of methoxy groups -OCH3 is 1. The Balaban J connectivity index is 1.60. The Kier molecular flexibility index (Phi) is 6.49. The van der Waals surface area contributed by atoms with Gasteiger partial charge in [-0.05, 0) is 55.2 Å². The van der Waals surface area contributed by atoms with E-state index in [0.29, 0.717) is 5.69 Å². The van der Waals surface area contributed by atoms with Gasteiger partial charge in [-0.15, -0.1) is 0 Å². The molecule has 152 valence electrons. The van der Waals surface area contributed by atoms with Crippen molar-refractivity contribution in [3.8, 4) is 0 Å². The Morgan fingerprint density at radius 3 is 2.21 bits per heavy atom. The number of nitrogens with one attached hydrogen (secondary N) is 2. The lowest BCUT2D eigenvalue weighted by Crippen LogP contribution is -2.32. The molecule has 2 N–H and O–H groups in total. The predicted octanol–water partition coefficient (Wildman–Crippen LogP) is 3.29. The van der Waals surface area contributed by atoms with Crippen LogP contribution in [0.2, 0.25) is 0 Å². The van der Waals surface area contributed by atoms with E-state index in [1.54, 1.807) is 24.3 Å². The Labute approximate surface area is 170 Å². The monoisotopic (exact) mass is 395 g/mol. The summed E-state index contributed by atoms with van der Waals surface area (Å²) >= 11 is 0. The fraction of sp³-hybridized carbons (Fsp3) is 0.318. The number of benzene rings is 2. The first-order valence-electron chi connectivity index (χ1n) is 9.62. The highest BCUT2D eigenvalue weighted by Crippen LogP contribution is 2.24. The van der Waals surface area contributed by atoms with Crippen molar-refractivity contribution >= 4 is 34.8 Å². The first-order chi connectivity index (χ1) is 14.0. The molecule has 3 rings (SSSR count). The van der Waals surface area contributed by atoms with E-state index in [1.165, 1.54) is 32.1 Å².